The summed E-state index contributed by atoms with van der Waals surface area (Å²) in [6.45, 7) is 8.83. The van der Waals surface area contributed by atoms with Crippen molar-refractivity contribution in [1.29, 1.82) is 5.26 Å². The minimum atomic E-state index is -0.368. The summed E-state index contributed by atoms with van der Waals surface area (Å²) in [7, 11) is 0. The molecule has 5 nitrogen and oxygen atoms in total. The van der Waals surface area contributed by atoms with Crippen LogP contribution in [0.1, 0.15) is 46.9 Å². The van der Waals surface area contributed by atoms with Gasteiger partial charge >= 0.3 is 0 Å². The van der Waals surface area contributed by atoms with Gasteiger partial charge in [0, 0.05) is 25.2 Å². The normalized spacial score (nSPS) is 10.4. The van der Waals surface area contributed by atoms with E-state index in [-0.39, 0.29) is 17.0 Å². The Morgan fingerprint density at radius 3 is 2.54 bits per heavy atom. The number of benzene rings is 1. The third kappa shape index (κ3) is 4.20. The van der Waals surface area contributed by atoms with Crippen LogP contribution in [-0.4, -0.2) is 22.3 Å². The van der Waals surface area contributed by atoms with Crippen LogP contribution in [0.2, 0.25) is 0 Å². The first kappa shape index (κ1) is 19.5. The smallest absolute Gasteiger partial charge is 0.266 e. The number of carbonyl (C=O) groups excluding carboxylic acids is 1. The maximum Gasteiger partial charge on any atom is 0.266 e. The fourth-order valence-corrected chi connectivity index (χ4v) is 3.18. The van der Waals surface area contributed by atoms with E-state index in [1.54, 1.807) is 13.8 Å². The molecule has 0 saturated heterocycles. The number of amides is 1. The zero-order valence-corrected chi connectivity index (χ0v) is 15.8. The number of nitrogens with zero attached hydrogens (tertiary/aromatic N) is 2. The van der Waals surface area contributed by atoms with Crippen LogP contribution in [0.3, 0.4) is 0 Å². The van der Waals surface area contributed by atoms with E-state index >= 15 is 0 Å². The molecule has 0 unspecified atom stereocenters. The van der Waals surface area contributed by atoms with Gasteiger partial charge in [-0.15, -0.1) is 0 Å². The summed E-state index contributed by atoms with van der Waals surface area (Å²) in [6.07, 6.45) is 0.852. The molecule has 0 bridgehead atoms. The van der Waals surface area contributed by atoms with Crippen molar-refractivity contribution in [3.63, 3.8) is 0 Å². The van der Waals surface area contributed by atoms with Crippen molar-refractivity contribution in [2.75, 3.05) is 6.54 Å². The molecule has 0 spiro atoms. The predicted octanol–water partition coefficient (Wildman–Crippen LogP) is 3.15. The Hall–Kier alpha value is -2.87. The van der Waals surface area contributed by atoms with Gasteiger partial charge < -0.3 is 9.88 Å². The van der Waals surface area contributed by atoms with Crippen molar-refractivity contribution in [3.05, 3.63) is 68.1 Å². The molecule has 0 aliphatic rings. The second-order valence-electron chi connectivity index (χ2n) is 6.50. The fourth-order valence-electron chi connectivity index (χ4n) is 3.18. The largest absolute Gasteiger partial charge is 0.339 e. The van der Waals surface area contributed by atoms with Crippen molar-refractivity contribution in [3.8, 4) is 6.07 Å². The van der Waals surface area contributed by atoms with Gasteiger partial charge in [0.1, 0.15) is 11.6 Å². The summed E-state index contributed by atoms with van der Waals surface area (Å²) < 4.78 is 0. The minimum Gasteiger partial charge on any atom is -0.339 e. The lowest BCUT2D eigenvalue weighted by Gasteiger charge is -2.22. The van der Waals surface area contributed by atoms with Crippen LogP contribution >= 0.6 is 0 Å². The molecule has 2 aromatic rings. The summed E-state index contributed by atoms with van der Waals surface area (Å²) in [4.78, 5) is 29.1. The SMILES string of the molecule is CCN(Cc1ccccc1C)C(=O)CCc1c(C)[nH]c(=O)c(C#N)c1C. The quantitative estimate of drug-likeness (QED) is 0.868. The van der Waals surface area contributed by atoms with Gasteiger partial charge in [0.05, 0.1) is 0 Å². The van der Waals surface area contributed by atoms with E-state index in [1.807, 2.05) is 49.1 Å². The van der Waals surface area contributed by atoms with Crippen LogP contribution < -0.4 is 5.56 Å². The molecular weight excluding hydrogens is 326 g/mol. The second-order valence-corrected chi connectivity index (χ2v) is 6.50. The van der Waals surface area contributed by atoms with Crippen LogP contribution in [0.5, 0.6) is 0 Å². The standard InChI is InChI=1S/C21H25N3O2/c1-5-24(13-17-9-7-6-8-14(17)2)20(25)11-10-18-15(3)19(12-22)21(26)23-16(18)4/h6-9H,5,10-11,13H2,1-4H3,(H,23,26). The average molecular weight is 351 g/mol. The van der Waals surface area contributed by atoms with Crippen molar-refractivity contribution in [1.82, 2.24) is 9.88 Å². The summed E-state index contributed by atoms with van der Waals surface area (Å²) >= 11 is 0. The van der Waals surface area contributed by atoms with Gasteiger partial charge in [0.2, 0.25) is 5.91 Å². The Kier molecular flexibility index (Phi) is 6.35. The van der Waals surface area contributed by atoms with Crippen molar-refractivity contribution in [2.45, 2.75) is 47.1 Å². The Morgan fingerprint density at radius 2 is 1.92 bits per heavy atom. The van der Waals surface area contributed by atoms with Crippen LogP contribution in [0.4, 0.5) is 0 Å². The highest BCUT2D eigenvalue weighted by atomic mass is 16.2. The molecule has 0 aliphatic carbocycles. The molecular formula is C21H25N3O2. The molecule has 2 rings (SSSR count). The van der Waals surface area contributed by atoms with Gasteiger partial charge in [0.15, 0.2) is 0 Å². The Bertz CT molecular complexity index is 906. The highest BCUT2D eigenvalue weighted by Gasteiger charge is 2.16. The molecule has 5 heteroatoms. The van der Waals surface area contributed by atoms with E-state index in [0.717, 1.165) is 16.8 Å². The Morgan fingerprint density at radius 1 is 1.23 bits per heavy atom. The lowest BCUT2D eigenvalue weighted by Crippen LogP contribution is -2.31. The zero-order chi connectivity index (χ0) is 19.3. The van der Waals surface area contributed by atoms with Crippen LogP contribution in [0.15, 0.2) is 29.1 Å². The van der Waals surface area contributed by atoms with Crippen molar-refractivity contribution < 1.29 is 4.79 Å². The van der Waals surface area contributed by atoms with E-state index in [2.05, 4.69) is 4.98 Å². The maximum atomic E-state index is 12.7. The van der Waals surface area contributed by atoms with Crippen molar-refractivity contribution in [2.24, 2.45) is 0 Å². The van der Waals surface area contributed by atoms with Crippen LogP contribution in [0.25, 0.3) is 0 Å². The van der Waals surface area contributed by atoms with E-state index in [1.165, 1.54) is 5.56 Å². The van der Waals surface area contributed by atoms with Gasteiger partial charge in [0.25, 0.3) is 5.56 Å². The number of hydrogen-bond acceptors (Lipinski definition) is 3. The summed E-state index contributed by atoms with van der Waals surface area (Å²) in [6, 6.07) is 10.0. The molecule has 0 atom stereocenters. The number of pyridine rings is 1. The molecule has 1 N–H and O–H groups in total. The molecule has 0 aliphatic heterocycles. The molecule has 0 fully saturated rings. The molecule has 1 amide bonds. The minimum absolute atomic E-state index is 0.0688. The van der Waals surface area contributed by atoms with Crippen molar-refractivity contribution >= 4 is 5.91 Å². The number of aromatic amines is 1. The first-order valence-electron chi connectivity index (χ1n) is 8.83. The highest BCUT2D eigenvalue weighted by Crippen LogP contribution is 2.17. The predicted molar refractivity (Wildman–Crippen MR) is 102 cm³/mol. The third-order valence-corrected chi connectivity index (χ3v) is 4.87. The van der Waals surface area contributed by atoms with Crippen LogP contribution in [-0.2, 0) is 17.8 Å². The van der Waals surface area contributed by atoms with E-state index < -0.39 is 0 Å². The van der Waals surface area contributed by atoms with Gasteiger partial charge in [-0.1, -0.05) is 24.3 Å². The second kappa shape index (κ2) is 8.48. The third-order valence-electron chi connectivity index (χ3n) is 4.87. The molecule has 1 aromatic heterocycles. The maximum absolute atomic E-state index is 12.7. The molecule has 1 heterocycles. The first-order chi connectivity index (χ1) is 12.4. The monoisotopic (exact) mass is 351 g/mol. The number of nitriles is 1. The lowest BCUT2D eigenvalue weighted by atomic mass is 9.98. The summed E-state index contributed by atoms with van der Waals surface area (Å²) in [5.74, 6) is 0.0688. The summed E-state index contributed by atoms with van der Waals surface area (Å²) in [5.41, 5.74) is 4.35. The molecule has 26 heavy (non-hydrogen) atoms. The van der Waals surface area contributed by atoms with E-state index in [9.17, 15) is 9.59 Å². The number of nitrogens with one attached hydrogen (secondary N) is 1. The first-order valence-corrected chi connectivity index (χ1v) is 8.83. The fraction of sp³-hybridized carbons (Fsp3) is 0.381. The molecule has 136 valence electrons. The summed E-state index contributed by atoms with van der Waals surface area (Å²) in [5, 5.41) is 9.16. The number of carbonyl (C=O) groups is 1. The molecule has 0 radical (unpaired) electrons. The van der Waals surface area contributed by atoms with Crippen LogP contribution in [0, 0.1) is 32.1 Å². The number of aromatic nitrogens is 1. The average Bonchev–Trinajstić information content (AvgIpc) is 2.60. The zero-order valence-electron chi connectivity index (χ0n) is 15.8. The molecule has 0 saturated carbocycles. The van der Waals surface area contributed by atoms with E-state index in [4.69, 9.17) is 5.26 Å². The number of rotatable bonds is 6. The Balaban J connectivity index is 2.14. The number of aryl methyl sites for hydroxylation is 2. The van der Waals surface area contributed by atoms with E-state index in [0.29, 0.717) is 31.5 Å². The molecule has 1 aromatic carbocycles. The van der Waals surface area contributed by atoms with Gasteiger partial charge in [-0.2, -0.15) is 5.26 Å². The van der Waals surface area contributed by atoms with Gasteiger partial charge in [-0.25, -0.2) is 0 Å². The highest BCUT2D eigenvalue weighted by molar-refractivity contribution is 5.76. The number of hydrogen-bond donors (Lipinski definition) is 1. The van der Waals surface area contributed by atoms with Gasteiger partial charge in [-0.05, 0) is 56.4 Å². The lowest BCUT2D eigenvalue weighted by molar-refractivity contribution is -0.131. The van der Waals surface area contributed by atoms with Gasteiger partial charge in [-0.3, -0.25) is 9.59 Å². The number of H-pyrrole nitrogens is 1. The Labute approximate surface area is 154 Å². The topological polar surface area (TPSA) is 77.0 Å².